The van der Waals surface area contributed by atoms with E-state index in [1.165, 1.54) is 6.07 Å². The Kier molecular flexibility index (Phi) is 2.28. The van der Waals surface area contributed by atoms with Gasteiger partial charge >= 0.3 is 0 Å². The van der Waals surface area contributed by atoms with E-state index in [2.05, 4.69) is 0 Å². The third-order valence-electron chi connectivity index (χ3n) is 2.93. The molecule has 1 nitrogen and oxygen atoms in total. The molecule has 3 heteroatoms. The molecular weight excluding hydrogens is 203 g/mol. The molecule has 0 unspecified atom stereocenters. The van der Waals surface area contributed by atoms with Gasteiger partial charge in [0.15, 0.2) is 0 Å². The summed E-state index contributed by atoms with van der Waals surface area (Å²) in [6.07, 6.45) is 2.24. The Labute approximate surface area is 87.5 Å². The first kappa shape index (κ1) is 9.94. The first-order chi connectivity index (χ1) is 6.53. The standard InChI is InChI=1S/C11H12ClFO/c1-7-5-8(10(13)6-9(7)12)11(14)3-2-4-11/h5-6,14H,2-4H2,1H3. The summed E-state index contributed by atoms with van der Waals surface area (Å²) >= 11 is 5.78. The lowest BCUT2D eigenvalue weighted by Crippen LogP contribution is -2.34. The van der Waals surface area contributed by atoms with Gasteiger partial charge in [-0.2, -0.15) is 0 Å². The van der Waals surface area contributed by atoms with Crippen molar-refractivity contribution in [2.75, 3.05) is 0 Å². The van der Waals surface area contributed by atoms with Gasteiger partial charge in [0, 0.05) is 10.6 Å². The maximum absolute atomic E-state index is 13.5. The van der Waals surface area contributed by atoms with Crippen LogP contribution < -0.4 is 0 Å². The summed E-state index contributed by atoms with van der Waals surface area (Å²) in [6.45, 7) is 1.81. The van der Waals surface area contributed by atoms with E-state index in [4.69, 9.17) is 11.6 Å². The zero-order chi connectivity index (χ0) is 10.3. The summed E-state index contributed by atoms with van der Waals surface area (Å²) in [5, 5.41) is 10.4. The molecule has 0 spiro atoms. The lowest BCUT2D eigenvalue weighted by molar-refractivity contribution is -0.0416. The van der Waals surface area contributed by atoms with Crippen LogP contribution in [0, 0.1) is 12.7 Å². The van der Waals surface area contributed by atoms with E-state index >= 15 is 0 Å². The minimum atomic E-state index is -0.945. The third kappa shape index (κ3) is 1.43. The Bertz CT molecular complexity index is 372. The van der Waals surface area contributed by atoms with Crippen LogP contribution in [0.2, 0.25) is 5.02 Å². The highest BCUT2D eigenvalue weighted by Gasteiger charge is 2.38. The van der Waals surface area contributed by atoms with Crippen LogP contribution in [0.1, 0.15) is 30.4 Å². The number of benzene rings is 1. The Morgan fingerprint density at radius 3 is 2.57 bits per heavy atom. The van der Waals surface area contributed by atoms with Crippen LogP contribution in [-0.2, 0) is 5.60 Å². The summed E-state index contributed by atoms with van der Waals surface area (Å²) in [7, 11) is 0. The maximum Gasteiger partial charge on any atom is 0.130 e. The molecule has 0 amide bonds. The smallest absolute Gasteiger partial charge is 0.130 e. The largest absolute Gasteiger partial charge is 0.385 e. The molecule has 1 aliphatic carbocycles. The van der Waals surface area contributed by atoms with Gasteiger partial charge in [0.2, 0.25) is 0 Å². The van der Waals surface area contributed by atoms with E-state index in [0.717, 1.165) is 12.0 Å². The fourth-order valence-corrected chi connectivity index (χ4v) is 1.95. The summed E-state index contributed by atoms with van der Waals surface area (Å²) in [6, 6.07) is 2.93. The Morgan fingerprint density at radius 2 is 2.07 bits per heavy atom. The molecule has 1 fully saturated rings. The fraction of sp³-hybridized carbons (Fsp3) is 0.455. The average Bonchev–Trinajstić information content (AvgIpc) is 2.07. The van der Waals surface area contributed by atoms with Crippen molar-refractivity contribution in [3.05, 3.63) is 34.1 Å². The molecule has 0 saturated heterocycles. The minimum absolute atomic E-state index is 0.394. The van der Waals surface area contributed by atoms with Crippen LogP contribution in [0.25, 0.3) is 0 Å². The van der Waals surface area contributed by atoms with Gasteiger partial charge in [-0.25, -0.2) is 4.39 Å². The highest BCUT2D eigenvalue weighted by atomic mass is 35.5. The monoisotopic (exact) mass is 214 g/mol. The van der Waals surface area contributed by atoms with Crippen molar-refractivity contribution >= 4 is 11.6 Å². The summed E-state index contributed by atoms with van der Waals surface area (Å²) in [5.41, 5.74) is 0.258. The number of hydrogen-bond donors (Lipinski definition) is 1. The maximum atomic E-state index is 13.5. The minimum Gasteiger partial charge on any atom is -0.385 e. The van der Waals surface area contributed by atoms with Gasteiger partial charge in [-0.05, 0) is 43.9 Å². The van der Waals surface area contributed by atoms with Crippen molar-refractivity contribution in [1.29, 1.82) is 0 Å². The van der Waals surface area contributed by atoms with Crippen LogP contribution in [0.3, 0.4) is 0 Å². The normalized spacial score (nSPS) is 19.1. The van der Waals surface area contributed by atoms with Crippen molar-refractivity contribution in [2.24, 2.45) is 0 Å². The van der Waals surface area contributed by atoms with E-state index in [0.29, 0.717) is 23.4 Å². The van der Waals surface area contributed by atoms with Gasteiger partial charge in [0.25, 0.3) is 0 Å². The van der Waals surface area contributed by atoms with Gasteiger partial charge in [0.05, 0.1) is 5.60 Å². The van der Waals surface area contributed by atoms with Gasteiger partial charge < -0.3 is 5.11 Å². The molecule has 0 aliphatic heterocycles. The molecule has 76 valence electrons. The lowest BCUT2D eigenvalue weighted by atomic mass is 9.74. The molecular formula is C11H12ClFO. The van der Waals surface area contributed by atoms with Crippen molar-refractivity contribution in [3.8, 4) is 0 Å². The Hall–Kier alpha value is -0.600. The van der Waals surface area contributed by atoms with Crippen molar-refractivity contribution in [3.63, 3.8) is 0 Å². The van der Waals surface area contributed by atoms with Crippen LogP contribution in [0.4, 0.5) is 4.39 Å². The second-order valence-electron chi connectivity index (χ2n) is 3.97. The molecule has 0 aromatic heterocycles. The van der Waals surface area contributed by atoms with Crippen molar-refractivity contribution in [2.45, 2.75) is 31.8 Å². The number of rotatable bonds is 1. The zero-order valence-corrected chi connectivity index (χ0v) is 8.74. The molecule has 2 rings (SSSR count). The highest BCUT2D eigenvalue weighted by Crippen LogP contribution is 2.42. The van der Waals surface area contributed by atoms with Crippen molar-refractivity contribution in [1.82, 2.24) is 0 Å². The average molecular weight is 215 g/mol. The second kappa shape index (κ2) is 3.21. The van der Waals surface area contributed by atoms with Crippen LogP contribution in [0.5, 0.6) is 0 Å². The Balaban J connectivity index is 2.48. The molecule has 1 saturated carbocycles. The number of aryl methyl sites for hydroxylation is 1. The highest BCUT2D eigenvalue weighted by molar-refractivity contribution is 6.31. The van der Waals surface area contributed by atoms with Crippen molar-refractivity contribution < 1.29 is 9.50 Å². The van der Waals surface area contributed by atoms with Gasteiger partial charge in [-0.15, -0.1) is 0 Å². The van der Waals surface area contributed by atoms with E-state index in [-0.39, 0.29) is 0 Å². The fourth-order valence-electron chi connectivity index (χ4n) is 1.79. The first-order valence-corrected chi connectivity index (χ1v) is 5.09. The molecule has 0 heterocycles. The SMILES string of the molecule is Cc1cc(C2(O)CCC2)c(F)cc1Cl. The summed E-state index contributed by atoms with van der Waals surface area (Å²) in [5.74, 6) is -0.400. The molecule has 1 aliphatic rings. The molecule has 1 aromatic rings. The molecule has 0 radical (unpaired) electrons. The van der Waals surface area contributed by atoms with E-state index in [1.807, 2.05) is 6.92 Å². The topological polar surface area (TPSA) is 20.2 Å². The van der Waals surface area contributed by atoms with Gasteiger partial charge in [0.1, 0.15) is 5.82 Å². The van der Waals surface area contributed by atoms with Crippen LogP contribution in [0.15, 0.2) is 12.1 Å². The third-order valence-corrected chi connectivity index (χ3v) is 3.34. The summed E-state index contributed by atoms with van der Waals surface area (Å²) in [4.78, 5) is 0. The van der Waals surface area contributed by atoms with E-state index < -0.39 is 11.4 Å². The van der Waals surface area contributed by atoms with Crippen LogP contribution in [-0.4, -0.2) is 5.11 Å². The predicted octanol–water partition coefficient (Wildman–Crippen LogP) is 3.16. The number of halogens is 2. The van der Waals surface area contributed by atoms with E-state index in [1.54, 1.807) is 6.07 Å². The second-order valence-corrected chi connectivity index (χ2v) is 4.37. The molecule has 14 heavy (non-hydrogen) atoms. The molecule has 0 atom stereocenters. The van der Waals surface area contributed by atoms with Gasteiger partial charge in [-0.3, -0.25) is 0 Å². The first-order valence-electron chi connectivity index (χ1n) is 4.71. The lowest BCUT2D eigenvalue weighted by Gasteiger charge is -2.37. The molecule has 1 aromatic carbocycles. The van der Waals surface area contributed by atoms with E-state index in [9.17, 15) is 9.50 Å². The summed E-state index contributed by atoms with van der Waals surface area (Å²) < 4.78 is 13.5. The molecule has 1 N–H and O–H groups in total. The number of hydrogen-bond acceptors (Lipinski definition) is 1. The van der Waals surface area contributed by atoms with Crippen LogP contribution >= 0.6 is 11.6 Å². The Morgan fingerprint density at radius 1 is 1.43 bits per heavy atom. The zero-order valence-electron chi connectivity index (χ0n) is 7.98. The predicted molar refractivity (Wildman–Crippen MR) is 53.9 cm³/mol. The number of aliphatic hydroxyl groups is 1. The van der Waals surface area contributed by atoms with Gasteiger partial charge in [-0.1, -0.05) is 11.6 Å². The molecule has 0 bridgehead atoms. The quantitative estimate of drug-likeness (QED) is 0.762.